The molecular weight excluding hydrogens is 228 g/mol. The minimum Gasteiger partial charge on any atom is -0.302 e. The van der Waals surface area contributed by atoms with E-state index in [0.29, 0.717) is 12.6 Å². The Labute approximate surface area is 95.1 Å². The first kappa shape index (κ1) is 11.6. The number of rotatable bonds is 6. The molecule has 1 saturated carbocycles. The van der Waals surface area contributed by atoms with Gasteiger partial charge in [0, 0.05) is 19.1 Å². The van der Waals surface area contributed by atoms with Crippen molar-refractivity contribution in [3.05, 3.63) is 12.3 Å². The number of likely N-dealkylation sites (N-methyl/N-ethyl adjacent to an activating group) is 1. The molecule has 0 aromatic carbocycles. The van der Waals surface area contributed by atoms with Crippen molar-refractivity contribution in [1.29, 1.82) is 0 Å². The fourth-order valence-corrected chi connectivity index (χ4v) is 2.45. The fourth-order valence-electron chi connectivity index (χ4n) is 1.52. The zero-order valence-corrected chi connectivity index (χ0v) is 10.00. The van der Waals surface area contributed by atoms with Crippen molar-refractivity contribution in [2.45, 2.75) is 23.9 Å². The van der Waals surface area contributed by atoms with Crippen molar-refractivity contribution >= 4 is 10.0 Å². The van der Waals surface area contributed by atoms with E-state index in [0.717, 1.165) is 6.54 Å². The third kappa shape index (κ3) is 2.81. The van der Waals surface area contributed by atoms with Crippen LogP contribution in [0.1, 0.15) is 12.8 Å². The lowest BCUT2D eigenvalue weighted by Crippen LogP contribution is -2.34. The van der Waals surface area contributed by atoms with E-state index in [4.69, 9.17) is 0 Å². The summed E-state index contributed by atoms with van der Waals surface area (Å²) in [6, 6.07) is 2.09. The molecule has 1 fully saturated rings. The van der Waals surface area contributed by atoms with Crippen LogP contribution in [-0.4, -0.2) is 49.7 Å². The number of nitrogens with zero attached hydrogens (tertiary/aromatic N) is 2. The first-order valence-electron chi connectivity index (χ1n) is 5.29. The van der Waals surface area contributed by atoms with Gasteiger partial charge in [0.1, 0.15) is 0 Å². The van der Waals surface area contributed by atoms with Crippen molar-refractivity contribution in [3.8, 4) is 0 Å². The highest BCUT2D eigenvalue weighted by Gasteiger charge is 2.25. The summed E-state index contributed by atoms with van der Waals surface area (Å²) in [6.45, 7) is 1.16. The Balaban J connectivity index is 1.81. The van der Waals surface area contributed by atoms with E-state index in [-0.39, 0.29) is 5.03 Å². The van der Waals surface area contributed by atoms with Crippen molar-refractivity contribution in [2.24, 2.45) is 0 Å². The van der Waals surface area contributed by atoms with Gasteiger partial charge in [-0.25, -0.2) is 13.1 Å². The largest absolute Gasteiger partial charge is 0.302 e. The Morgan fingerprint density at radius 1 is 1.62 bits per heavy atom. The Hall–Kier alpha value is -0.920. The summed E-state index contributed by atoms with van der Waals surface area (Å²) in [4.78, 5) is 2.18. The smallest absolute Gasteiger partial charge is 0.257 e. The maximum Gasteiger partial charge on any atom is 0.257 e. The number of aromatic amines is 1. The molecule has 1 aliphatic rings. The van der Waals surface area contributed by atoms with E-state index >= 15 is 0 Å². The number of hydrogen-bond donors (Lipinski definition) is 2. The molecule has 1 aliphatic carbocycles. The predicted octanol–water partition coefficient (Wildman–Crippen LogP) is -0.218. The first-order chi connectivity index (χ1) is 7.59. The van der Waals surface area contributed by atoms with E-state index in [1.54, 1.807) is 0 Å². The summed E-state index contributed by atoms with van der Waals surface area (Å²) in [5, 5.41) is 6.16. The van der Waals surface area contributed by atoms with Crippen LogP contribution in [0.25, 0.3) is 0 Å². The highest BCUT2D eigenvalue weighted by Crippen LogP contribution is 2.24. The number of aromatic nitrogens is 2. The molecule has 0 unspecified atom stereocenters. The van der Waals surface area contributed by atoms with Gasteiger partial charge in [0.25, 0.3) is 10.0 Å². The fraction of sp³-hybridized carbons (Fsp3) is 0.667. The van der Waals surface area contributed by atoms with Crippen LogP contribution in [0.5, 0.6) is 0 Å². The second-order valence-electron chi connectivity index (χ2n) is 4.03. The van der Waals surface area contributed by atoms with Gasteiger partial charge in [-0.05, 0) is 26.0 Å². The molecule has 90 valence electrons. The molecule has 0 amide bonds. The van der Waals surface area contributed by atoms with Crippen LogP contribution < -0.4 is 4.72 Å². The van der Waals surface area contributed by atoms with Crippen molar-refractivity contribution in [1.82, 2.24) is 19.8 Å². The van der Waals surface area contributed by atoms with Crippen LogP contribution in [0, 0.1) is 0 Å². The minimum absolute atomic E-state index is 0.113. The molecule has 0 bridgehead atoms. The predicted molar refractivity (Wildman–Crippen MR) is 59.4 cm³/mol. The number of H-pyrrole nitrogens is 1. The number of hydrogen-bond acceptors (Lipinski definition) is 4. The molecule has 2 N–H and O–H groups in total. The van der Waals surface area contributed by atoms with Gasteiger partial charge >= 0.3 is 0 Å². The zero-order chi connectivity index (χ0) is 11.6. The molecule has 7 heteroatoms. The van der Waals surface area contributed by atoms with E-state index in [1.165, 1.54) is 25.1 Å². The van der Waals surface area contributed by atoms with E-state index < -0.39 is 10.0 Å². The second-order valence-corrected chi connectivity index (χ2v) is 5.77. The van der Waals surface area contributed by atoms with Gasteiger partial charge in [-0.2, -0.15) is 5.10 Å². The second kappa shape index (κ2) is 4.52. The van der Waals surface area contributed by atoms with Gasteiger partial charge in [-0.1, -0.05) is 0 Å². The highest BCUT2D eigenvalue weighted by molar-refractivity contribution is 7.89. The number of nitrogens with one attached hydrogen (secondary N) is 2. The van der Waals surface area contributed by atoms with Gasteiger partial charge in [0.15, 0.2) is 5.03 Å². The lowest BCUT2D eigenvalue weighted by atomic mass is 10.5. The van der Waals surface area contributed by atoms with Crippen LogP contribution in [-0.2, 0) is 10.0 Å². The summed E-state index contributed by atoms with van der Waals surface area (Å²) in [6.07, 6.45) is 3.87. The quantitative estimate of drug-likeness (QED) is 0.725. The van der Waals surface area contributed by atoms with Crippen molar-refractivity contribution in [3.63, 3.8) is 0 Å². The van der Waals surface area contributed by atoms with E-state index in [1.807, 2.05) is 7.05 Å². The Morgan fingerprint density at radius 2 is 2.38 bits per heavy atom. The first-order valence-corrected chi connectivity index (χ1v) is 6.77. The maximum atomic E-state index is 11.7. The zero-order valence-electron chi connectivity index (χ0n) is 9.18. The average molecular weight is 244 g/mol. The van der Waals surface area contributed by atoms with E-state index in [2.05, 4.69) is 19.8 Å². The average Bonchev–Trinajstić information content (AvgIpc) is 2.92. The topological polar surface area (TPSA) is 78.1 Å². The standard InChI is InChI=1S/C9H16N4O2S/c1-13(8-2-3-8)7-6-11-16(14,15)9-4-5-10-12-9/h4-5,8,11H,2-3,6-7H2,1H3,(H,10,12). The van der Waals surface area contributed by atoms with Crippen LogP contribution in [0.15, 0.2) is 17.3 Å². The molecule has 6 nitrogen and oxygen atoms in total. The molecule has 0 aliphatic heterocycles. The molecule has 0 radical (unpaired) electrons. The molecule has 0 spiro atoms. The van der Waals surface area contributed by atoms with Gasteiger partial charge in [-0.15, -0.1) is 0 Å². The summed E-state index contributed by atoms with van der Waals surface area (Å²) in [5.41, 5.74) is 0. The molecule has 1 heterocycles. The minimum atomic E-state index is -3.41. The molecular formula is C9H16N4O2S. The van der Waals surface area contributed by atoms with E-state index in [9.17, 15) is 8.42 Å². The monoisotopic (exact) mass is 244 g/mol. The third-order valence-corrected chi connectivity index (χ3v) is 4.08. The van der Waals surface area contributed by atoms with Crippen molar-refractivity contribution < 1.29 is 8.42 Å². The number of sulfonamides is 1. The lowest BCUT2D eigenvalue weighted by molar-refractivity contribution is 0.329. The summed E-state index contributed by atoms with van der Waals surface area (Å²) in [7, 11) is -1.40. The van der Waals surface area contributed by atoms with Crippen LogP contribution in [0.4, 0.5) is 0 Å². The summed E-state index contributed by atoms with van der Waals surface area (Å²) in [5.74, 6) is 0. The van der Waals surface area contributed by atoms with Crippen molar-refractivity contribution in [2.75, 3.05) is 20.1 Å². The Bertz CT molecular complexity index is 424. The van der Waals surface area contributed by atoms with Gasteiger partial charge in [0.05, 0.1) is 6.20 Å². The maximum absolute atomic E-state index is 11.7. The Kier molecular flexibility index (Phi) is 3.27. The molecule has 1 aromatic rings. The summed E-state index contributed by atoms with van der Waals surface area (Å²) < 4.78 is 25.9. The van der Waals surface area contributed by atoms with Gasteiger partial charge < -0.3 is 4.90 Å². The van der Waals surface area contributed by atoms with Crippen LogP contribution in [0.3, 0.4) is 0 Å². The molecule has 0 atom stereocenters. The normalized spacial score (nSPS) is 16.9. The molecule has 0 saturated heterocycles. The SMILES string of the molecule is CN(CCNS(=O)(=O)c1ccn[nH]1)C1CC1. The van der Waals surface area contributed by atoms with Crippen LogP contribution in [0.2, 0.25) is 0 Å². The molecule has 16 heavy (non-hydrogen) atoms. The third-order valence-electron chi connectivity index (χ3n) is 2.69. The van der Waals surface area contributed by atoms with Crippen LogP contribution >= 0.6 is 0 Å². The highest BCUT2D eigenvalue weighted by atomic mass is 32.2. The molecule has 2 rings (SSSR count). The Morgan fingerprint density at radius 3 is 2.94 bits per heavy atom. The lowest BCUT2D eigenvalue weighted by Gasteiger charge is -2.15. The molecule has 1 aromatic heterocycles. The van der Waals surface area contributed by atoms with Gasteiger partial charge in [0.2, 0.25) is 0 Å². The summed E-state index contributed by atoms with van der Waals surface area (Å²) >= 11 is 0. The van der Waals surface area contributed by atoms with Gasteiger partial charge in [-0.3, -0.25) is 5.10 Å².